The Morgan fingerprint density at radius 1 is 1.07 bits per heavy atom. The number of nitrogens with zero attached hydrogens (tertiary/aromatic N) is 2. The molecule has 1 fully saturated rings. The number of halogens is 1. The van der Waals surface area contributed by atoms with Crippen LogP contribution in [0.25, 0.3) is 10.9 Å². The summed E-state index contributed by atoms with van der Waals surface area (Å²) < 4.78 is 27.9. The second-order valence-electron chi connectivity index (χ2n) is 7.12. The number of hydrogen-bond acceptors (Lipinski definition) is 3. The molecule has 8 heteroatoms. The van der Waals surface area contributed by atoms with E-state index >= 15 is 0 Å². The van der Waals surface area contributed by atoms with E-state index in [1.807, 2.05) is 35.0 Å². The van der Waals surface area contributed by atoms with Gasteiger partial charge in [0.05, 0.1) is 11.4 Å². The lowest BCUT2D eigenvalue weighted by molar-refractivity contribution is -0.116. The van der Waals surface area contributed by atoms with E-state index in [0.29, 0.717) is 42.3 Å². The van der Waals surface area contributed by atoms with Crippen LogP contribution in [-0.2, 0) is 21.4 Å². The van der Waals surface area contributed by atoms with Crippen LogP contribution in [0.15, 0.2) is 54.7 Å². The molecule has 29 heavy (non-hydrogen) atoms. The van der Waals surface area contributed by atoms with Crippen molar-refractivity contribution in [3.05, 3.63) is 59.8 Å². The average Bonchev–Trinajstić information content (AvgIpc) is 3.11. The third-order valence-electron chi connectivity index (χ3n) is 5.13. The Morgan fingerprint density at radius 3 is 2.62 bits per heavy atom. The maximum atomic E-state index is 12.3. The van der Waals surface area contributed by atoms with Crippen LogP contribution in [-0.4, -0.2) is 31.2 Å². The molecule has 0 aliphatic carbocycles. The van der Waals surface area contributed by atoms with Crippen LogP contribution in [0.2, 0.25) is 5.02 Å². The van der Waals surface area contributed by atoms with Gasteiger partial charge in [-0.15, -0.1) is 0 Å². The molecular weight excluding hydrogens is 410 g/mol. The van der Waals surface area contributed by atoms with Gasteiger partial charge in [0.25, 0.3) is 0 Å². The third-order valence-corrected chi connectivity index (χ3v) is 7.33. The van der Waals surface area contributed by atoms with Crippen LogP contribution < -0.4 is 9.62 Å². The number of benzene rings is 2. The summed E-state index contributed by atoms with van der Waals surface area (Å²) in [4.78, 5) is 12.3. The number of aromatic nitrogens is 1. The fourth-order valence-electron chi connectivity index (χ4n) is 3.62. The van der Waals surface area contributed by atoms with Crippen LogP contribution in [0, 0.1) is 0 Å². The summed E-state index contributed by atoms with van der Waals surface area (Å²) in [7, 11) is -3.23. The zero-order chi connectivity index (χ0) is 20.4. The molecule has 1 aliphatic heterocycles. The summed E-state index contributed by atoms with van der Waals surface area (Å²) in [6.45, 7) is 1.04. The van der Waals surface area contributed by atoms with Gasteiger partial charge >= 0.3 is 0 Å². The number of rotatable bonds is 5. The normalized spacial score (nSPS) is 16.1. The van der Waals surface area contributed by atoms with Gasteiger partial charge < -0.3 is 9.88 Å². The number of nitrogens with one attached hydrogen (secondary N) is 1. The van der Waals surface area contributed by atoms with E-state index in [1.165, 1.54) is 4.31 Å². The molecule has 0 bridgehead atoms. The molecule has 152 valence electrons. The van der Waals surface area contributed by atoms with Crippen molar-refractivity contribution < 1.29 is 13.2 Å². The molecule has 1 N–H and O–H groups in total. The number of aryl methyl sites for hydroxylation is 1. The molecule has 1 aromatic heterocycles. The van der Waals surface area contributed by atoms with E-state index in [9.17, 15) is 13.2 Å². The molecule has 0 radical (unpaired) electrons. The van der Waals surface area contributed by atoms with E-state index in [0.717, 1.165) is 17.3 Å². The Balaban J connectivity index is 1.38. The smallest absolute Gasteiger partial charge is 0.235 e. The standard InChI is InChI=1S/C21H22ClN3O3S/c22-19-4-3-5-20-18(19)10-13-24(20)14-11-21(26)23-16-6-8-17(9-7-16)25-12-1-2-15-29(25,27)28/h3-10,13H,1-2,11-12,14-15H2,(H,23,26). The number of carbonyl (C=O) groups excluding carboxylic acids is 1. The van der Waals surface area contributed by atoms with Crippen molar-refractivity contribution in [1.82, 2.24) is 4.57 Å². The Labute approximate surface area is 175 Å². The predicted octanol–water partition coefficient (Wildman–Crippen LogP) is 4.25. The first-order valence-electron chi connectivity index (χ1n) is 9.58. The number of amides is 1. The van der Waals surface area contributed by atoms with Crippen molar-refractivity contribution in [3.8, 4) is 0 Å². The molecule has 2 aromatic carbocycles. The lowest BCUT2D eigenvalue weighted by Gasteiger charge is -2.28. The van der Waals surface area contributed by atoms with Gasteiger partial charge in [-0.05, 0) is 55.3 Å². The summed E-state index contributed by atoms with van der Waals surface area (Å²) in [5.74, 6) is 0.0809. The summed E-state index contributed by atoms with van der Waals surface area (Å²) in [6, 6.07) is 14.6. The molecule has 0 atom stereocenters. The molecule has 2 heterocycles. The zero-order valence-electron chi connectivity index (χ0n) is 15.8. The van der Waals surface area contributed by atoms with Gasteiger partial charge in [0.2, 0.25) is 15.9 Å². The molecular formula is C21H22ClN3O3S. The second-order valence-corrected chi connectivity index (χ2v) is 9.54. The number of anilines is 2. The fourth-order valence-corrected chi connectivity index (χ4v) is 5.49. The van der Waals surface area contributed by atoms with E-state index in [2.05, 4.69) is 5.32 Å². The Hall–Kier alpha value is -2.51. The van der Waals surface area contributed by atoms with E-state index in [1.54, 1.807) is 24.3 Å². The quantitative estimate of drug-likeness (QED) is 0.656. The first-order chi connectivity index (χ1) is 13.9. The van der Waals surface area contributed by atoms with Crippen LogP contribution in [0.4, 0.5) is 11.4 Å². The van der Waals surface area contributed by atoms with E-state index in [-0.39, 0.29) is 11.7 Å². The van der Waals surface area contributed by atoms with Crippen molar-refractivity contribution in [1.29, 1.82) is 0 Å². The Bertz CT molecular complexity index is 1140. The molecule has 1 saturated heterocycles. The fraction of sp³-hybridized carbons (Fsp3) is 0.286. The highest BCUT2D eigenvalue weighted by atomic mass is 35.5. The van der Waals surface area contributed by atoms with Crippen molar-refractivity contribution in [2.45, 2.75) is 25.8 Å². The number of carbonyl (C=O) groups is 1. The third kappa shape index (κ3) is 4.26. The Morgan fingerprint density at radius 2 is 1.86 bits per heavy atom. The van der Waals surface area contributed by atoms with Crippen molar-refractivity contribution in [2.24, 2.45) is 0 Å². The minimum atomic E-state index is -3.23. The topological polar surface area (TPSA) is 71.4 Å². The minimum Gasteiger partial charge on any atom is -0.347 e. The second kappa shape index (κ2) is 8.08. The summed E-state index contributed by atoms with van der Waals surface area (Å²) in [6.07, 6.45) is 3.81. The van der Waals surface area contributed by atoms with Gasteiger partial charge in [0.15, 0.2) is 0 Å². The zero-order valence-corrected chi connectivity index (χ0v) is 17.4. The van der Waals surface area contributed by atoms with Gasteiger partial charge in [0, 0.05) is 47.3 Å². The van der Waals surface area contributed by atoms with Crippen molar-refractivity contribution >= 4 is 49.8 Å². The molecule has 0 saturated carbocycles. The van der Waals surface area contributed by atoms with E-state index < -0.39 is 10.0 Å². The maximum absolute atomic E-state index is 12.3. The van der Waals surface area contributed by atoms with Gasteiger partial charge in [-0.25, -0.2) is 8.42 Å². The van der Waals surface area contributed by atoms with Crippen LogP contribution in [0.3, 0.4) is 0 Å². The van der Waals surface area contributed by atoms with Crippen molar-refractivity contribution in [2.75, 3.05) is 21.9 Å². The highest BCUT2D eigenvalue weighted by Crippen LogP contribution is 2.26. The number of sulfonamides is 1. The van der Waals surface area contributed by atoms with Gasteiger partial charge in [-0.3, -0.25) is 9.10 Å². The number of fused-ring (bicyclic) bond motifs is 1. The SMILES string of the molecule is O=C(CCn1ccc2c(Cl)cccc21)Nc1ccc(N2CCCCS2(=O)=O)cc1. The van der Waals surface area contributed by atoms with Gasteiger partial charge in [0.1, 0.15) is 0 Å². The van der Waals surface area contributed by atoms with Gasteiger partial charge in [-0.2, -0.15) is 0 Å². The highest BCUT2D eigenvalue weighted by Gasteiger charge is 2.25. The molecule has 3 aromatic rings. The summed E-state index contributed by atoms with van der Waals surface area (Å²) in [5.41, 5.74) is 2.28. The van der Waals surface area contributed by atoms with Crippen LogP contribution in [0.1, 0.15) is 19.3 Å². The Kier molecular flexibility index (Phi) is 5.52. The largest absolute Gasteiger partial charge is 0.347 e. The van der Waals surface area contributed by atoms with Crippen LogP contribution >= 0.6 is 11.6 Å². The predicted molar refractivity (Wildman–Crippen MR) is 117 cm³/mol. The molecule has 0 unspecified atom stereocenters. The minimum absolute atomic E-state index is 0.104. The van der Waals surface area contributed by atoms with Crippen molar-refractivity contribution in [3.63, 3.8) is 0 Å². The van der Waals surface area contributed by atoms with Crippen LogP contribution in [0.5, 0.6) is 0 Å². The molecule has 0 spiro atoms. The maximum Gasteiger partial charge on any atom is 0.235 e. The van der Waals surface area contributed by atoms with E-state index in [4.69, 9.17) is 11.6 Å². The molecule has 4 rings (SSSR count). The highest BCUT2D eigenvalue weighted by molar-refractivity contribution is 7.92. The molecule has 6 nitrogen and oxygen atoms in total. The monoisotopic (exact) mass is 431 g/mol. The average molecular weight is 432 g/mol. The lowest BCUT2D eigenvalue weighted by Crippen LogP contribution is -2.37. The summed E-state index contributed by atoms with van der Waals surface area (Å²) in [5, 5.41) is 4.53. The summed E-state index contributed by atoms with van der Waals surface area (Å²) >= 11 is 6.19. The molecule has 1 amide bonds. The lowest BCUT2D eigenvalue weighted by atomic mass is 10.2. The van der Waals surface area contributed by atoms with Gasteiger partial charge in [-0.1, -0.05) is 17.7 Å². The number of hydrogen-bond donors (Lipinski definition) is 1. The first-order valence-corrected chi connectivity index (χ1v) is 11.6. The first kappa shape index (κ1) is 19.8. The molecule has 1 aliphatic rings.